The van der Waals surface area contributed by atoms with Crippen LogP contribution in [0.25, 0.3) is 6.08 Å². The molecule has 0 aliphatic rings. The zero-order chi connectivity index (χ0) is 22.5. The van der Waals surface area contributed by atoms with Crippen molar-refractivity contribution < 1.29 is 4.79 Å². The monoisotopic (exact) mass is 421 g/mol. The Balaban J connectivity index is 1.94. The van der Waals surface area contributed by atoms with Crippen LogP contribution in [-0.2, 0) is 0 Å². The van der Waals surface area contributed by atoms with Crippen LogP contribution < -0.4 is 10.2 Å². The maximum absolute atomic E-state index is 12.5. The van der Waals surface area contributed by atoms with Crippen molar-refractivity contribution in [3.05, 3.63) is 65.7 Å². The summed E-state index contributed by atoms with van der Waals surface area (Å²) < 4.78 is 0. The number of hydrogen-bond donors (Lipinski definition) is 1. The molecule has 168 valence electrons. The van der Waals surface area contributed by atoms with E-state index in [9.17, 15) is 4.79 Å². The van der Waals surface area contributed by atoms with Crippen LogP contribution in [0.5, 0.6) is 0 Å². The standard InChI is InChI=1S/C27H39N3O/c1-5-7-20-30(21-8-6-2)26-16-9-23(10-17-26)11-18-27(31)24-12-14-25(15-13-24)28-19-22-29(3)4/h9-18,28H,5-8,19-22H2,1-4H3/b18-11+. The first-order chi connectivity index (χ1) is 15.0. The third-order valence-electron chi connectivity index (χ3n) is 5.31. The summed E-state index contributed by atoms with van der Waals surface area (Å²) in [5, 5.41) is 3.36. The fourth-order valence-corrected chi connectivity index (χ4v) is 3.31. The Bertz CT molecular complexity index is 786. The van der Waals surface area contributed by atoms with E-state index in [0.29, 0.717) is 5.56 Å². The van der Waals surface area contributed by atoms with E-state index in [1.54, 1.807) is 6.08 Å². The first-order valence-electron chi connectivity index (χ1n) is 11.6. The predicted molar refractivity (Wildman–Crippen MR) is 135 cm³/mol. The van der Waals surface area contributed by atoms with Crippen LogP contribution in [0.2, 0.25) is 0 Å². The Labute approximate surface area is 189 Å². The van der Waals surface area contributed by atoms with E-state index in [-0.39, 0.29) is 5.78 Å². The van der Waals surface area contributed by atoms with E-state index in [1.165, 1.54) is 31.4 Å². The molecule has 4 heteroatoms. The minimum Gasteiger partial charge on any atom is -0.384 e. The van der Waals surface area contributed by atoms with Crippen LogP contribution in [-0.4, -0.2) is 51.0 Å². The van der Waals surface area contributed by atoms with E-state index in [1.807, 2.05) is 30.3 Å². The van der Waals surface area contributed by atoms with Crippen molar-refractivity contribution in [3.63, 3.8) is 0 Å². The highest BCUT2D eigenvalue weighted by Gasteiger charge is 2.06. The van der Waals surface area contributed by atoms with Crippen molar-refractivity contribution in [1.29, 1.82) is 0 Å². The molecule has 31 heavy (non-hydrogen) atoms. The lowest BCUT2D eigenvalue weighted by Crippen LogP contribution is -2.25. The molecule has 2 rings (SSSR count). The number of carbonyl (C=O) groups is 1. The van der Waals surface area contributed by atoms with Crippen molar-refractivity contribution in [2.45, 2.75) is 39.5 Å². The molecule has 0 unspecified atom stereocenters. The lowest BCUT2D eigenvalue weighted by molar-refractivity contribution is 0.104. The van der Waals surface area contributed by atoms with Gasteiger partial charge in [0.1, 0.15) is 0 Å². The van der Waals surface area contributed by atoms with Crippen LogP contribution in [0, 0.1) is 0 Å². The SMILES string of the molecule is CCCCN(CCCC)c1ccc(/C=C/C(=O)c2ccc(NCCN(C)C)cc2)cc1. The number of ketones is 1. The van der Waals surface area contributed by atoms with E-state index in [2.05, 4.69) is 67.3 Å². The van der Waals surface area contributed by atoms with Gasteiger partial charge in [-0.15, -0.1) is 0 Å². The van der Waals surface area contributed by atoms with Crippen molar-refractivity contribution in [1.82, 2.24) is 4.90 Å². The third kappa shape index (κ3) is 8.97. The van der Waals surface area contributed by atoms with Gasteiger partial charge in [-0.05, 0) is 75.0 Å². The highest BCUT2D eigenvalue weighted by molar-refractivity contribution is 6.07. The Morgan fingerprint density at radius 1 is 0.871 bits per heavy atom. The normalized spacial score (nSPS) is 11.3. The van der Waals surface area contributed by atoms with Gasteiger partial charge in [0.05, 0.1) is 0 Å². The second kappa shape index (κ2) is 13.7. The highest BCUT2D eigenvalue weighted by atomic mass is 16.1. The van der Waals surface area contributed by atoms with Gasteiger partial charge in [-0.2, -0.15) is 0 Å². The second-order valence-electron chi connectivity index (χ2n) is 8.29. The minimum atomic E-state index is 0.0245. The fraction of sp³-hybridized carbons (Fsp3) is 0.444. The molecule has 0 amide bonds. The van der Waals surface area contributed by atoms with E-state index >= 15 is 0 Å². The maximum Gasteiger partial charge on any atom is 0.185 e. The lowest BCUT2D eigenvalue weighted by Gasteiger charge is -2.24. The van der Waals surface area contributed by atoms with Gasteiger partial charge in [0.2, 0.25) is 0 Å². The fourth-order valence-electron chi connectivity index (χ4n) is 3.31. The minimum absolute atomic E-state index is 0.0245. The van der Waals surface area contributed by atoms with E-state index < -0.39 is 0 Å². The number of nitrogens with one attached hydrogen (secondary N) is 1. The Morgan fingerprint density at radius 2 is 1.48 bits per heavy atom. The molecule has 0 saturated heterocycles. The van der Waals surface area contributed by atoms with Gasteiger partial charge < -0.3 is 15.1 Å². The van der Waals surface area contributed by atoms with Crippen molar-refractivity contribution in [3.8, 4) is 0 Å². The van der Waals surface area contributed by atoms with E-state index in [4.69, 9.17) is 0 Å². The predicted octanol–water partition coefficient (Wildman–Crippen LogP) is 5.96. The molecular formula is C27H39N3O. The summed E-state index contributed by atoms with van der Waals surface area (Å²) in [7, 11) is 4.11. The number of hydrogen-bond acceptors (Lipinski definition) is 4. The number of nitrogens with zero attached hydrogens (tertiary/aromatic N) is 2. The average molecular weight is 422 g/mol. The highest BCUT2D eigenvalue weighted by Crippen LogP contribution is 2.18. The zero-order valence-electron chi connectivity index (χ0n) is 19.7. The molecule has 4 nitrogen and oxygen atoms in total. The van der Waals surface area contributed by atoms with Gasteiger partial charge in [-0.1, -0.05) is 44.9 Å². The molecule has 0 bridgehead atoms. The molecule has 0 heterocycles. The smallest absolute Gasteiger partial charge is 0.185 e. The number of likely N-dealkylation sites (N-methyl/N-ethyl adjacent to an activating group) is 1. The molecular weight excluding hydrogens is 382 g/mol. The molecule has 0 atom stereocenters. The molecule has 0 aromatic heterocycles. The summed E-state index contributed by atoms with van der Waals surface area (Å²) in [5.74, 6) is 0.0245. The van der Waals surface area contributed by atoms with Gasteiger partial charge in [0, 0.05) is 43.1 Å². The van der Waals surface area contributed by atoms with Crippen molar-refractivity contribution >= 4 is 23.2 Å². The average Bonchev–Trinajstić information content (AvgIpc) is 2.78. The lowest BCUT2D eigenvalue weighted by atomic mass is 10.1. The number of benzene rings is 2. The van der Waals surface area contributed by atoms with Crippen LogP contribution in [0.4, 0.5) is 11.4 Å². The summed E-state index contributed by atoms with van der Waals surface area (Å²) in [6, 6.07) is 16.2. The zero-order valence-corrected chi connectivity index (χ0v) is 19.7. The van der Waals surface area contributed by atoms with Gasteiger partial charge in [0.25, 0.3) is 0 Å². The maximum atomic E-state index is 12.5. The number of anilines is 2. The topological polar surface area (TPSA) is 35.6 Å². The quantitative estimate of drug-likeness (QED) is 0.301. The largest absolute Gasteiger partial charge is 0.384 e. The molecule has 0 radical (unpaired) electrons. The van der Waals surface area contributed by atoms with Gasteiger partial charge >= 0.3 is 0 Å². The van der Waals surface area contributed by atoms with Crippen molar-refractivity contribution in [2.24, 2.45) is 0 Å². The van der Waals surface area contributed by atoms with Gasteiger partial charge in [-0.25, -0.2) is 0 Å². The van der Waals surface area contributed by atoms with Gasteiger partial charge in [-0.3, -0.25) is 4.79 Å². The summed E-state index contributed by atoms with van der Waals surface area (Å²) >= 11 is 0. The molecule has 0 aliphatic carbocycles. The first-order valence-corrected chi connectivity index (χ1v) is 11.6. The number of allylic oxidation sites excluding steroid dienone is 1. The summed E-state index contributed by atoms with van der Waals surface area (Å²) in [4.78, 5) is 17.1. The van der Waals surface area contributed by atoms with Crippen molar-refractivity contribution in [2.75, 3.05) is 50.5 Å². The number of unbranched alkanes of at least 4 members (excludes halogenated alkanes) is 2. The summed E-state index contributed by atoms with van der Waals surface area (Å²) in [5.41, 5.74) is 4.05. The van der Waals surface area contributed by atoms with Gasteiger partial charge in [0.15, 0.2) is 5.78 Å². The third-order valence-corrected chi connectivity index (χ3v) is 5.31. The molecule has 0 saturated carbocycles. The second-order valence-corrected chi connectivity index (χ2v) is 8.29. The molecule has 0 aliphatic heterocycles. The Morgan fingerprint density at radius 3 is 2.03 bits per heavy atom. The first kappa shape index (κ1) is 24.7. The van der Waals surface area contributed by atoms with E-state index in [0.717, 1.165) is 37.4 Å². The molecule has 2 aromatic carbocycles. The summed E-state index contributed by atoms with van der Waals surface area (Å²) in [6.07, 6.45) is 8.40. The van der Waals surface area contributed by atoms with Crippen LogP contribution in [0.1, 0.15) is 55.5 Å². The molecule has 0 fully saturated rings. The van der Waals surface area contributed by atoms with Crippen LogP contribution in [0.3, 0.4) is 0 Å². The number of carbonyl (C=O) groups excluding carboxylic acids is 1. The molecule has 1 N–H and O–H groups in total. The van der Waals surface area contributed by atoms with Crippen LogP contribution in [0.15, 0.2) is 54.6 Å². The van der Waals surface area contributed by atoms with Crippen LogP contribution >= 0.6 is 0 Å². The molecule has 2 aromatic rings. The number of rotatable bonds is 14. The Hall–Kier alpha value is -2.59. The summed E-state index contributed by atoms with van der Waals surface area (Å²) in [6.45, 7) is 8.52. The molecule has 0 spiro atoms. The Kier molecular flexibility index (Phi) is 10.9.